The number of anilines is 1. The van der Waals surface area contributed by atoms with Crippen LogP contribution in [0.5, 0.6) is 0 Å². The number of hydrogen-bond acceptors (Lipinski definition) is 5. The van der Waals surface area contributed by atoms with Crippen LogP contribution in [0.4, 0.5) is 5.13 Å². The number of aliphatic hydroxyl groups is 1. The van der Waals surface area contributed by atoms with Crippen LogP contribution in [0.15, 0.2) is 11.6 Å². The number of ether oxygens (including phenoxy) is 1. The molecule has 5 heteroatoms. The molecule has 0 aliphatic carbocycles. The first-order valence-corrected chi connectivity index (χ1v) is 5.10. The van der Waals surface area contributed by atoms with Crippen molar-refractivity contribution < 1.29 is 9.84 Å². The summed E-state index contributed by atoms with van der Waals surface area (Å²) < 4.78 is 5.12. The van der Waals surface area contributed by atoms with Gasteiger partial charge >= 0.3 is 0 Å². The number of nitrogens with one attached hydrogen (secondary N) is 1. The summed E-state index contributed by atoms with van der Waals surface area (Å²) in [5.41, 5.74) is -0.703. The predicted octanol–water partition coefficient (Wildman–Crippen LogP) is 0.706. The normalized spacial score (nSPS) is 27.8. The quantitative estimate of drug-likeness (QED) is 0.754. The minimum absolute atomic E-state index is 0.422. The van der Waals surface area contributed by atoms with E-state index in [9.17, 15) is 5.11 Å². The second-order valence-electron chi connectivity index (χ2n) is 3.22. The van der Waals surface area contributed by atoms with E-state index in [-0.39, 0.29) is 0 Å². The Hall–Kier alpha value is -0.650. The van der Waals surface area contributed by atoms with Gasteiger partial charge in [0.05, 0.1) is 6.61 Å². The maximum absolute atomic E-state index is 9.88. The molecule has 0 bridgehead atoms. The van der Waals surface area contributed by atoms with Crippen LogP contribution in [0.3, 0.4) is 0 Å². The molecule has 1 aromatic heterocycles. The summed E-state index contributed by atoms with van der Waals surface area (Å²) in [5.74, 6) is 0. The molecular formula is C8H12N2O2S. The van der Waals surface area contributed by atoms with E-state index in [2.05, 4.69) is 10.3 Å². The fourth-order valence-corrected chi connectivity index (χ4v) is 1.81. The van der Waals surface area contributed by atoms with Gasteiger partial charge in [-0.15, -0.1) is 11.3 Å². The van der Waals surface area contributed by atoms with Gasteiger partial charge in [0.2, 0.25) is 0 Å². The Labute approximate surface area is 80.6 Å². The van der Waals surface area contributed by atoms with Gasteiger partial charge in [-0.1, -0.05) is 0 Å². The molecule has 0 saturated carbocycles. The first-order chi connectivity index (χ1) is 6.29. The van der Waals surface area contributed by atoms with Gasteiger partial charge in [-0.25, -0.2) is 4.98 Å². The Morgan fingerprint density at radius 1 is 1.77 bits per heavy atom. The van der Waals surface area contributed by atoms with Crippen molar-refractivity contribution in [3.8, 4) is 0 Å². The molecule has 13 heavy (non-hydrogen) atoms. The molecule has 72 valence electrons. The van der Waals surface area contributed by atoms with Crippen LogP contribution in [0, 0.1) is 0 Å². The highest BCUT2D eigenvalue weighted by molar-refractivity contribution is 7.13. The van der Waals surface area contributed by atoms with Crippen LogP contribution < -0.4 is 5.32 Å². The first kappa shape index (κ1) is 8.93. The van der Waals surface area contributed by atoms with Crippen molar-refractivity contribution >= 4 is 16.5 Å². The van der Waals surface area contributed by atoms with E-state index in [4.69, 9.17) is 4.74 Å². The van der Waals surface area contributed by atoms with Crippen LogP contribution in [-0.4, -0.2) is 35.5 Å². The van der Waals surface area contributed by atoms with Gasteiger partial charge in [-0.2, -0.15) is 0 Å². The van der Waals surface area contributed by atoms with Crippen LogP contribution in [0.25, 0.3) is 0 Å². The van der Waals surface area contributed by atoms with Gasteiger partial charge in [-0.3, -0.25) is 0 Å². The fourth-order valence-electron chi connectivity index (χ4n) is 1.29. The lowest BCUT2D eigenvalue weighted by atomic mass is 10.0. The molecule has 1 atom stereocenters. The zero-order valence-electron chi connectivity index (χ0n) is 7.19. The Balaban J connectivity index is 1.85. The Kier molecular flexibility index (Phi) is 2.48. The minimum atomic E-state index is -0.703. The lowest BCUT2D eigenvalue weighted by Gasteiger charge is -2.19. The number of nitrogens with zero attached hydrogens (tertiary/aromatic N) is 1. The third kappa shape index (κ3) is 2.18. The Morgan fingerprint density at radius 2 is 2.69 bits per heavy atom. The van der Waals surface area contributed by atoms with E-state index >= 15 is 0 Å². The molecule has 2 heterocycles. The summed E-state index contributed by atoms with van der Waals surface area (Å²) in [7, 11) is 0. The molecule has 1 saturated heterocycles. The maximum Gasteiger partial charge on any atom is 0.182 e. The van der Waals surface area contributed by atoms with E-state index in [0.717, 1.165) is 5.13 Å². The summed E-state index contributed by atoms with van der Waals surface area (Å²) in [4.78, 5) is 4.06. The van der Waals surface area contributed by atoms with E-state index in [1.54, 1.807) is 6.20 Å². The van der Waals surface area contributed by atoms with Crippen molar-refractivity contribution in [3.05, 3.63) is 11.6 Å². The van der Waals surface area contributed by atoms with Gasteiger partial charge in [-0.05, 0) is 0 Å². The summed E-state index contributed by atoms with van der Waals surface area (Å²) >= 11 is 1.53. The molecule has 1 aliphatic rings. The van der Waals surface area contributed by atoms with Gasteiger partial charge in [0.25, 0.3) is 0 Å². The highest BCUT2D eigenvalue weighted by Gasteiger charge is 2.31. The lowest BCUT2D eigenvalue weighted by Crippen LogP contribution is -2.37. The molecule has 1 fully saturated rings. The molecule has 0 aromatic carbocycles. The van der Waals surface area contributed by atoms with Gasteiger partial charge in [0.15, 0.2) is 5.13 Å². The van der Waals surface area contributed by atoms with Crippen molar-refractivity contribution in [1.29, 1.82) is 0 Å². The van der Waals surface area contributed by atoms with Crippen LogP contribution in [0.2, 0.25) is 0 Å². The van der Waals surface area contributed by atoms with Crippen molar-refractivity contribution in [3.63, 3.8) is 0 Å². The van der Waals surface area contributed by atoms with Gasteiger partial charge < -0.3 is 15.2 Å². The SMILES string of the molecule is OC1(CNc2nccs2)CCOC1. The molecule has 2 N–H and O–H groups in total. The maximum atomic E-state index is 9.88. The number of thiazole rings is 1. The Morgan fingerprint density at radius 3 is 3.31 bits per heavy atom. The summed E-state index contributed by atoms with van der Waals surface area (Å²) in [6, 6.07) is 0. The summed E-state index contributed by atoms with van der Waals surface area (Å²) in [5, 5.41) is 15.7. The van der Waals surface area contributed by atoms with Crippen LogP contribution in [0.1, 0.15) is 6.42 Å². The first-order valence-electron chi connectivity index (χ1n) is 4.22. The standard InChI is InChI=1S/C8H12N2O2S/c11-8(1-3-12-6-8)5-10-7-9-2-4-13-7/h2,4,11H,1,3,5-6H2,(H,9,10). The van der Waals surface area contributed by atoms with E-state index in [1.165, 1.54) is 11.3 Å². The number of aromatic nitrogens is 1. The number of rotatable bonds is 3. The van der Waals surface area contributed by atoms with Crippen molar-refractivity contribution in [2.45, 2.75) is 12.0 Å². The van der Waals surface area contributed by atoms with E-state index < -0.39 is 5.60 Å². The smallest absolute Gasteiger partial charge is 0.182 e. The molecule has 0 amide bonds. The third-order valence-electron chi connectivity index (χ3n) is 2.08. The average Bonchev–Trinajstić information content (AvgIpc) is 2.72. The molecule has 1 aromatic rings. The fraction of sp³-hybridized carbons (Fsp3) is 0.625. The second-order valence-corrected chi connectivity index (χ2v) is 4.11. The molecule has 1 unspecified atom stereocenters. The zero-order valence-corrected chi connectivity index (χ0v) is 8.01. The average molecular weight is 200 g/mol. The van der Waals surface area contributed by atoms with E-state index in [0.29, 0.717) is 26.2 Å². The topological polar surface area (TPSA) is 54.4 Å². The predicted molar refractivity (Wildman–Crippen MR) is 51.0 cm³/mol. The van der Waals surface area contributed by atoms with Gasteiger partial charge in [0.1, 0.15) is 5.60 Å². The molecule has 1 aliphatic heterocycles. The van der Waals surface area contributed by atoms with Crippen molar-refractivity contribution in [1.82, 2.24) is 4.98 Å². The second kappa shape index (κ2) is 3.61. The Bertz CT molecular complexity index is 257. The largest absolute Gasteiger partial charge is 0.386 e. The molecule has 4 nitrogen and oxygen atoms in total. The van der Waals surface area contributed by atoms with Crippen LogP contribution in [-0.2, 0) is 4.74 Å². The van der Waals surface area contributed by atoms with Crippen molar-refractivity contribution in [2.24, 2.45) is 0 Å². The zero-order chi connectivity index (χ0) is 9.15. The number of hydrogen-bond donors (Lipinski definition) is 2. The molecular weight excluding hydrogens is 188 g/mol. The molecule has 0 radical (unpaired) electrons. The van der Waals surface area contributed by atoms with Crippen LogP contribution >= 0.6 is 11.3 Å². The molecule has 2 rings (SSSR count). The van der Waals surface area contributed by atoms with Gasteiger partial charge in [0, 0.05) is 31.1 Å². The highest BCUT2D eigenvalue weighted by atomic mass is 32.1. The summed E-state index contributed by atoms with van der Waals surface area (Å²) in [6.07, 6.45) is 2.44. The molecule has 0 spiro atoms. The summed E-state index contributed by atoms with van der Waals surface area (Å²) in [6.45, 7) is 1.59. The van der Waals surface area contributed by atoms with Crippen molar-refractivity contribution in [2.75, 3.05) is 25.1 Å². The highest BCUT2D eigenvalue weighted by Crippen LogP contribution is 2.19. The van der Waals surface area contributed by atoms with E-state index in [1.807, 2.05) is 5.38 Å². The third-order valence-corrected chi connectivity index (χ3v) is 2.81. The lowest BCUT2D eigenvalue weighted by molar-refractivity contribution is 0.0382. The minimum Gasteiger partial charge on any atom is -0.386 e. The monoisotopic (exact) mass is 200 g/mol.